The van der Waals surface area contributed by atoms with Crippen molar-refractivity contribution in [3.63, 3.8) is 0 Å². The molecule has 1 amide bonds. The molecule has 1 atom stereocenters. The maximum absolute atomic E-state index is 13.0. The van der Waals surface area contributed by atoms with Gasteiger partial charge in [-0.05, 0) is 29.5 Å². The van der Waals surface area contributed by atoms with Crippen molar-refractivity contribution in [1.29, 1.82) is 0 Å². The van der Waals surface area contributed by atoms with Crippen molar-refractivity contribution < 1.29 is 9.53 Å². The summed E-state index contributed by atoms with van der Waals surface area (Å²) in [6.45, 7) is 4.66. The fourth-order valence-corrected chi connectivity index (χ4v) is 4.81. The van der Waals surface area contributed by atoms with E-state index in [1.165, 1.54) is 10.4 Å². The molecule has 27 heavy (non-hydrogen) atoms. The molecule has 146 valence electrons. The predicted molar refractivity (Wildman–Crippen MR) is 111 cm³/mol. The van der Waals surface area contributed by atoms with E-state index in [1.807, 2.05) is 23.1 Å². The number of para-hydroxylation sites is 1. The van der Waals surface area contributed by atoms with E-state index < -0.39 is 0 Å². The van der Waals surface area contributed by atoms with Gasteiger partial charge in [0.2, 0.25) is 5.91 Å². The molecular weight excluding hydrogens is 382 g/mol. The molecule has 0 aliphatic carbocycles. The molecule has 1 N–H and O–H groups in total. The summed E-state index contributed by atoms with van der Waals surface area (Å²) >= 11 is 1.81. The SMILES string of the molecule is COc1ccccc1C1CNCCN1CC(=O)N1CCc2sccc2C1.Cl. The molecule has 7 heteroatoms. The minimum Gasteiger partial charge on any atom is -0.496 e. The standard InChI is InChI=1S/C20H25N3O2S.ClH/c1-25-18-5-3-2-4-16(18)17-12-21-8-10-22(17)14-20(24)23-9-6-19-15(13-23)7-11-26-19;/h2-5,7,11,17,21H,6,8-10,12-14H2,1H3;1H. The lowest BCUT2D eigenvalue weighted by Crippen LogP contribution is -2.50. The zero-order valence-electron chi connectivity index (χ0n) is 15.5. The monoisotopic (exact) mass is 407 g/mol. The summed E-state index contributed by atoms with van der Waals surface area (Å²) in [5.41, 5.74) is 2.46. The van der Waals surface area contributed by atoms with E-state index >= 15 is 0 Å². The molecule has 2 aliphatic heterocycles. The number of amides is 1. The first kappa shape index (κ1) is 20.1. The summed E-state index contributed by atoms with van der Waals surface area (Å²) in [6.07, 6.45) is 0.982. The molecule has 0 bridgehead atoms. The summed E-state index contributed by atoms with van der Waals surface area (Å²) in [7, 11) is 1.71. The minimum absolute atomic E-state index is 0. The van der Waals surface area contributed by atoms with Crippen molar-refractivity contribution >= 4 is 29.7 Å². The maximum Gasteiger partial charge on any atom is 0.237 e. The van der Waals surface area contributed by atoms with E-state index in [4.69, 9.17) is 4.74 Å². The molecule has 1 unspecified atom stereocenters. The third kappa shape index (κ3) is 4.29. The third-order valence-electron chi connectivity index (χ3n) is 5.35. The van der Waals surface area contributed by atoms with Crippen LogP contribution in [0.25, 0.3) is 0 Å². The van der Waals surface area contributed by atoms with Gasteiger partial charge < -0.3 is 15.0 Å². The largest absolute Gasteiger partial charge is 0.496 e. The van der Waals surface area contributed by atoms with E-state index in [9.17, 15) is 4.79 Å². The van der Waals surface area contributed by atoms with E-state index in [1.54, 1.807) is 18.4 Å². The zero-order chi connectivity index (χ0) is 17.9. The molecule has 1 saturated heterocycles. The van der Waals surface area contributed by atoms with Crippen LogP contribution in [0.2, 0.25) is 0 Å². The number of benzene rings is 1. The highest BCUT2D eigenvalue weighted by Gasteiger charge is 2.30. The van der Waals surface area contributed by atoms with Gasteiger partial charge in [0, 0.05) is 43.2 Å². The third-order valence-corrected chi connectivity index (χ3v) is 6.37. The quantitative estimate of drug-likeness (QED) is 0.846. The fourth-order valence-electron chi connectivity index (χ4n) is 3.92. The first-order valence-electron chi connectivity index (χ1n) is 9.17. The molecule has 1 aromatic heterocycles. The fraction of sp³-hybridized carbons (Fsp3) is 0.450. The van der Waals surface area contributed by atoms with Crippen LogP contribution in [0.3, 0.4) is 0 Å². The summed E-state index contributed by atoms with van der Waals surface area (Å²) in [6, 6.07) is 10.4. The van der Waals surface area contributed by atoms with Crippen LogP contribution in [0.4, 0.5) is 0 Å². The smallest absolute Gasteiger partial charge is 0.237 e. The first-order chi connectivity index (χ1) is 12.8. The number of rotatable bonds is 4. The van der Waals surface area contributed by atoms with Crippen LogP contribution in [0, 0.1) is 0 Å². The van der Waals surface area contributed by atoms with Crippen LogP contribution < -0.4 is 10.1 Å². The summed E-state index contributed by atoms with van der Waals surface area (Å²) < 4.78 is 5.55. The van der Waals surface area contributed by atoms with Gasteiger partial charge in [0.05, 0.1) is 19.7 Å². The normalized spacial score (nSPS) is 19.9. The van der Waals surface area contributed by atoms with Gasteiger partial charge in [0.1, 0.15) is 5.75 Å². The number of carbonyl (C=O) groups is 1. The molecule has 1 aromatic carbocycles. The van der Waals surface area contributed by atoms with Crippen molar-refractivity contribution in [3.8, 4) is 5.75 Å². The number of nitrogens with one attached hydrogen (secondary N) is 1. The number of ether oxygens (including phenoxy) is 1. The molecule has 0 spiro atoms. The van der Waals surface area contributed by atoms with Crippen LogP contribution in [-0.2, 0) is 17.8 Å². The van der Waals surface area contributed by atoms with E-state index in [0.717, 1.165) is 50.5 Å². The number of piperazine rings is 1. The Labute approximate surface area is 170 Å². The Morgan fingerprint density at radius 2 is 2.15 bits per heavy atom. The Balaban J connectivity index is 0.00000210. The van der Waals surface area contributed by atoms with Crippen molar-refractivity contribution in [3.05, 3.63) is 51.7 Å². The van der Waals surface area contributed by atoms with E-state index in [-0.39, 0.29) is 24.4 Å². The highest BCUT2D eigenvalue weighted by Crippen LogP contribution is 2.30. The zero-order valence-corrected chi connectivity index (χ0v) is 17.2. The summed E-state index contributed by atoms with van der Waals surface area (Å²) in [5, 5.41) is 5.59. The van der Waals surface area contributed by atoms with Crippen LogP contribution in [0.5, 0.6) is 5.75 Å². The number of methoxy groups -OCH3 is 1. The Kier molecular flexibility index (Phi) is 6.76. The van der Waals surface area contributed by atoms with Crippen LogP contribution in [-0.4, -0.2) is 55.5 Å². The molecular formula is C20H26ClN3O2S. The van der Waals surface area contributed by atoms with E-state index in [2.05, 4.69) is 27.7 Å². The van der Waals surface area contributed by atoms with Crippen molar-refractivity contribution in [1.82, 2.24) is 15.1 Å². The Morgan fingerprint density at radius 3 is 3.00 bits per heavy atom. The van der Waals surface area contributed by atoms with Gasteiger partial charge in [-0.3, -0.25) is 9.69 Å². The van der Waals surface area contributed by atoms with Crippen LogP contribution >= 0.6 is 23.7 Å². The number of fused-ring (bicyclic) bond motifs is 1. The minimum atomic E-state index is 0. The van der Waals surface area contributed by atoms with Gasteiger partial charge >= 0.3 is 0 Å². The van der Waals surface area contributed by atoms with Gasteiger partial charge in [-0.2, -0.15) is 0 Å². The van der Waals surface area contributed by atoms with Crippen LogP contribution in [0.15, 0.2) is 35.7 Å². The Hall–Kier alpha value is -1.60. The Morgan fingerprint density at radius 1 is 1.30 bits per heavy atom. The second-order valence-electron chi connectivity index (χ2n) is 6.87. The summed E-state index contributed by atoms with van der Waals surface area (Å²) in [4.78, 5) is 18.7. The molecule has 0 saturated carbocycles. The van der Waals surface area contributed by atoms with Gasteiger partial charge in [-0.25, -0.2) is 0 Å². The highest BCUT2D eigenvalue weighted by atomic mass is 35.5. The van der Waals surface area contributed by atoms with Gasteiger partial charge in [-0.15, -0.1) is 23.7 Å². The molecule has 3 heterocycles. The van der Waals surface area contributed by atoms with Crippen molar-refractivity contribution in [2.24, 2.45) is 0 Å². The topological polar surface area (TPSA) is 44.8 Å². The Bertz CT molecular complexity index is 782. The molecule has 4 rings (SSSR count). The molecule has 5 nitrogen and oxygen atoms in total. The first-order valence-corrected chi connectivity index (χ1v) is 10.0. The lowest BCUT2D eigenvalue weighted by atomic mass is 10.0. The van der Waals surface area contributed by atoms with E-state index in [0.29, 0.717) is 6.54 Å². The number of hydrogen-bond donors (Lipinski definition) is 1. The second-order valence-corrected chi connectivity index (χ2v) is 7.87. The maximum atomic E-state index is 13.0. The number of nitrogens with zero attached hydrogens (tertiary/aromatic N) is 2. The molecule has 1 fully saturated rings. The lowest BCUT2D eigenvalue weighted by molar-refractivity contribution is -0.134. The number of carbonyl (C=O) groups excluding carboxylic acids is 1. The number of halogens is 1. The predicted octanol–water partition coefficient (Wildman–Crippen LogP) is 2.71. The van der Waals surface area contributed by atoms with Gasteiger partial charge in [0.25, 0.3) is 0 Å². The molecule has 2 aromatic rings. The van der Waals surface area contributed by atoms with Gasteiger partial charge in [0.15, 0.2) is 0 Å². The average molecular weight is 408 g/mol. The molecule has 2 aliphatic rings. The van der Waals surface area contributed by atoms with Crippen molar-refractivity contribution in [2.45, 2.75) is 19.0 Å². The molecule has 0 radical (unpaired) electrons. The summed E-state index contributed by atoms with van der Waals surface area (Å²) in [5.74, 6) is 1.11. The lowest BCUT2D eigenvalue weighted by Gasteiger charge is -2.38. The number of hydrogen-bond acceptors (Lipinski definition) is 5. The second kappa shape index (κ2) is 9.06. The van der Waals surface area contributed by atoms with Crippen LogP contribution in [0.1, 0.15) is 22.0 Å². The van der Waals surface area contributed by atoms with Crippen molar-refractivity contribution in [2.75, 3.05) is 39.8 Å². The number of thiophene rings is 1. The average Bonchev–Trinajstić information content (AvgIpc) is 3.16. The highest BCUT2D eigenvalue weighted by molar-refractivity contribution is 7.10. The van der Waals surface area contributed by atoms with Gasteiger partial charge in [-0.1, -0.05) is 18.2 Å².